The van der Waals surface area contributed by atoms with Gasteiger partial charge in [0.1, 0.15) is 5.82 Å². The number of halogens is 2. The molecule has 0 saturated heterocycles. The van der Waals surface area contributed by atoms with Gasteiger partial charge in [-0.1, -0.05) is 12.1 Å². The molecule has 1 aromatic heterocycles. The number of thiophene rings is 1. The second-order valence-corrected chi connectivity index (χ2v) is 7.22. The van der Waals surface area contributed by atoms with Crippen LogP contribution in [-0.4, -0.2) is 16.8 Å². The number of nitrogens with zero attached hydrogens (tertiary/aromatic N) is 1. The SMILES string of the molecule is O=C(c1csc(Br)c1)N(Cc1cccc(F)c1)C1CC1. The summed E-state index contributed by atoms with van der Waals surface area (Å²) in [6.45, 7) is 0.467. The predicted molar refractivity (Wildman–Crippen MR) is 81.3 cm³/mol. The van der Waals surface area contributed by atoms with E-state index in [2.05, 4.69) is 15.9 Å². The van der Waals surface area contributed by atoms with Crippen LogP contribution >= 0.6 is 27.3 Å². The molecular formula is C15H13BrFNOS. The molecule has 5 heteroatoms. The molecule has 1 aromatic carbocycles. The van der Waals surface area contributed by atoms with Crippen molar-refractivity contribution in [3.8, 4) is 0 Å². The van der Waals surface area contributed by atoms with Crippen molar-refractivity contribution in [3.63, 3.8) is 0 Å². The fourth-order valence-corrected chi connectivity index (χ4v) is 3.30. The molecule has 0 aliphatic heterocycles. The highest BCUT2D eigenvalue weighted by Gasteiger charge is 2.33. The second kappa shape index (κ2) is 5.66. The lowest BCUT2D eigenvalue weighted by Crippen LogP contribution is -2.32. The molecule has 1 fully saturated rings. The molecule has 1 heterocycles. The summed E-state index contributed by atoms with van der Waals surface area (Å²) in [5.74, 6) is -0.234. The van der Waals surface area contributed by atoms with Crippen molar-refractivity contribution in [1.82, 2.24) is 4.90 Å². The van der Waals surface area contributed by atoms with E-state index in [0.29, 0.717) is 18.2 Å². The van der Waals surface area contributed by atoms with Gasteiger partial charge in [-0.25, -0.2) is 4.39 Å². The van der Waals surface area contributed by atoms with Crippen molar-refractivity contribution in [2.75, 3.05) is 0 Å². The van der Waals surface area contributed by atoms with Gasteiger partial charge in [-0.15, -0.1) is 11.3 Å². The number of hydrogen-bond donors (Lipinski definition) is 0. The van der Waals surface area contributed by atoms with Gasteiger partial charge in [-0.05, 0) is 52.5 Å². The standard InChI is InChI=1S/C15H13BrFNOS/c16-14-7-11(9-20-14)15(19)18(13-4-5-13)8-10-2-1-3-12(17)6-10/h1-3,6-7,9,13H,4-5,8H2. The van der Waals surface area contributed by atoms with Crippen LogP contribution in [0, 0.1) is 5.82 Å². The molecule has 1 aliphatic carbocycles. The molecule has 0 N–H and O–H groups in total. The van der Waals surface area contributed by atoms with Gasteiger partial charge in [0.2, 0.25) is 0 Å². The monoisotopic (exact) mass is 353 g/mol. The van der Waals surface area contributed by atoms with E-state index in [4.69, 9.17) is 0 Å². The van der Waals surface area contributed by atoms with Gasteiger partial charge in [0.25, 0.3) is 5.91 Å². The molecule has 2 nitrogen and oxygen atoms in total. The molecule has 2 aromatic rings. The minimum atomic E-state index is -0.260. The lowest BCUT2D eigenvalue weighted by atomic mass is 10.2. The summed E-state index contributed by atoms with van der Waals surface area (Å²) in [6, 6.07) is 8.59. The first-order chi connectivity index (χ1) is 9.63. The summed E-state index contributed by atoms with van der Waals surface area (Å²) in [5, 5.41) is 1.85. The molecular weight excluding hydrogens is 341 g/mol. The van der Waals surface area contributed by atoms with Crippen LogP contribution in [0.4, 0.5) is 4.39 Å². The lowest BCUT2D eigenvalue weighted by molar-refractivity contribution is 0.0730. The first-order valence-electron chi connectivity index (χ1n) is 6.43. The highest BCUT2D eigenvalue weighted by molar-refractivity contribution is 9.11. The molecule has 0 atom stereocenters. The Morgan fingerprint density at radius 2 is 2.20 bits per heavy atom. The molecule has 1 saturated carbocycles. The molecule has 0 radical (unpaired) electrons. The number of benzene rings is 1. The van der Waals surface area contributed by atoms with Gasteiger partial charge in [-0.2, -0.15) is 0 Å². The second-order valence-electron chi connectivity index (χ2n) is 4.93. The number of rotatable bonds is 4. The summed E-state index contributed by atoms with van der Waals surface area (Å²) in [4.78, 5) is 14.4. The van der Waals surface area contributed by atoms with E-state index in [-0.39, 0.29) is 11.7 Å². The van der Waals surface area contributed by atoms with Gasteiger partial charge < -0.3 is 4.90 Å². The number of carbonyl (C=O) groups excluding carboxylic acids is 1. The van der Waals surface area contributed by atoms with Crippen LogP contribution in [0.2, 0.25) is 0 Å². The molecule has 1 amide bonds. The largest absolute Gasteiger partial charge is 0.331 e. The van der Waals surface area contributed by atoms with E-state index in [9.17, 15) is 9.18 Å². The van der Waals surface area contributed by atoms with E-state index >= 15 is 0 Å². The summed E-state index contributed by atoms with van der Waals surface area (Å²) in [7, 11) is 0. The smallest absolute Gasteiger partial charge is 0.255 e. The Morgan fingerprint density at radius 1 is 1.40 bits per heavy atom. The third kappa shape index (κ3) is 3.10. The Hall–Kier alpha value is -1.20. The van der Waals surface area contributed by atoms with Crippen LogP contribution in [0.15, 0.2) is 39.5 Å². The zero-order valence-electron chi connectivity index (χ0n) is 10.7. The highest BCUT2D eigenvalue weighted by Crippen LogP contribution is 2.31. The molecule has 0 bridgehead atoms. The van der Waals surface area contributed by atoms with Crippen molar-refractivity contribution < 1.29 is 9.18 Å². The Kier molecular flexibility index (Phi) is 3.89. The third-order valence-corrected chi connectivity index (χ3v) is 4.81. The zero-order valence-corrected chi connectivity index (χ0v) is 13.1. The van der Waals surface area contributed by atoms with E-state index in [1.165, 1.54) is 23.5 Å². The molecule has 0 spiro atoms. The van der Waals surface area contributed by atoms with Crippen molar-refractivity contribution in [3.05, 3.63) is 56.4 Å². The van der Waals surface area contributed by atoms with Crippen LogP contribution in [0.1, 0.15) is 28.8 Å². The minimum Gasteiger partial charge on any atom is -0.331 e. The normalized spacial score (nSPS) is 14.3. The van der Waals surface area contributed by atoms with Crippen LogP contribution < -0.4 is 0 Å². The third-order valence-electron chi connectivity index (χ3n) is 3.30. The van der Waals surface area contributed by atoms with Crippen molar-refractivity contribution >= 4 is 33.2 Å². The molecule has 1 aliphatic rings. The quantitative estimate of drug-likeness (QED) is 0.794. The van der Waals surface area contributed by atoms with Crippen LogP contribution in [0.3, 0.4) is 0 Å². The van der Waals surface area contributed by atoms with Crippen molar-refractivity contribution in [2.45, 2.75) is 25.4 Å². The number of amides is 1. The summed E-state index contributed by atoms with van der Waals surface area (Å²) >= 11 is 4.88. The maximum absolute atomic E-state index is 13.3. The average molecular weight is 354 g/mol. The lowest BCUT2D eigenvalue weighted by Gasteiger charge is -2.22. The van der Waals surface area contributed by atoms with Gasteiger partial charge in [0, 0.05) is 18.0 Å². The summed E-state index contributed by atoms with van der Waals surface area (Å²) < 4.78 is 14.2. The zero-order chi connectivity index (χ0) is 14.1. The van der Waals surface area contributed by atoms with Gasteiger partial charge in [-0.3, -0.25) is 4.79 Å². The fraction of sp³-hybridized carbons (Fsp3) is 0.267. The van der Waals surface area contributed by atoms with Gasteiger partial charge in [0.15, 0.2) is 0 Å². The molecule has 104 valence electrons. The maximum Gasteiger partial charge on any atom is 0.255 e. The predicted octanol–water partition coefficient (Wildman–Crippen LogP) is 4.45. The van der Waals surface area contributed by atoms with Crippen LogP contribution in [0.25, 0.3) is 0 Å². The average Bonchev–Trinajstić information content (AvgIpc) is 3.17. The summed E-state index contributed by atoms with van der Waals surface area (Å²) in [5.41, 5.74) is 1.53. The van der Waals surface area contributed by atoms with E-state index in [1.807, 2.05) is 22.4 Å². The minimum absolute atomic E-state index is 0.0266. The van der Waals surface area contributed by atoms with E-state index in [0.717, 1.165) is 22.2 Å². The van der Waals surface area contributed by atoms with E-state index < -0.39 is 0 Å². The highest BCUT2D eigenvalue weighted by atomic mass is 79.9. The molecule has 20 heavy (non-hydrogen) atoms. The topological polar surface area (TPSA) is 20.3 Å². The fourth-order valence-electron chi connectivity index (χ4n) is 2.17. The Balaban J connectivity index is 1.81. The van der Waals surface area contributed by atoms with E-state index in [1.54, 1.807) is 6.07 Å². The number of hydrogen-bond acceptors (Lipinski definition) is 2. The van der Waals surface area contributed by atoms with Crippen LogP contribution in [-0.2, 0) is 6.54 Å². The maximum atomic E-state index is 13.3. The van der Waals surface area contributed by atoms with Crippen LogP contribution in [0.5, 0.6) is 0 Å². The van der Waals surface area contributed by atoms with Gasteiger partial charge >= 0.3 is 0 Å². The number of carbonyl (C=O) groups is 1. The molecule has 3 rings (SSSR count). The van der Waals surface area contributed by atoms with Gasteiger partial charge in [0.05, 0.1) is 9.35 Å². The summed E-state index contributed by atoms with van der Waals surface area (Å²) in [6.07, 6.45) is 2.07. The van der Waals surface area contributed by atoms with Crippen molar-refractivity contribution in [2.24, 2.45) is 0 Å². The first kappa shape index (κ1) is 13.8. The molecule has 0 unspecified atom stereocenters. The Morgan fingerprint density at radius 3 is 2.80 bits per heavy atom. The Labute approximate surface area is 129 Å². The Bertz CT molecular complexity index is 638. The first-order valence-corrected chi connectivity index (χ1v) is 8.10. The van der Waals surface area contributed by atoms with Crippen molar-refractivity contribution in [1.29, 1.82) is 0 Å².